The van der Waals surface area contributed by atoms with Gasteiger partial charge < -0.3 is 4.74 Å². The molecule has 0 aromatic heterocycles. The molecule has 0 saturated carbocycles. The minimum Gasteiger partial charge on any atom is -0.489 e. The Bertz CT molecular complexity index is 566. The number of thiocarbonyl (C=S) groups is 1. The minimum atomic E-state index is -0.0754. The van der Waals surface area contributed by atoms with Crippen LogP contribution in [0.25, 0.3) is 6.08 Å². The molecule has 1 fully saturated rings. The van der Waals surface area contributed by atoms with Crippen LogP contribution in [-0.2, 0) is 4.79 Å². The Balaban J connectivity index is 2.30. The summed E-state index contributed by atoms with van der Waals surface area (Å²) in [5, 5.41) is 0. The Kier molecular flexibility index (Phi) is 4.39. The summed E-state index contributed by atoms with van der Waals surface area (Å²) in [5.74, 6) is 0.650. The van der Waals surface area contributed by atoms with Gasteiger partial charge in [-0.25, -0.2) is 0 Å². The second-order valence-electron chi connectivity index (χ2n) is 3.88. The molecule has 1 aromatic rings. The Morgan fingerprint density at radius 3 is 2.84 bits per heavy atom. The fraction of sp³-hybridized carbons (Fsp3) is 0.143. The second kappa shape index (κ2) is 6.04. The summed E-state index contributed by atoms with van der Waals surface area (Å²) in [6, 6.07) is 7.56. The molecule has 0 N–H and O–H groups in total. The molecule has 98 valence electrons. The lowest BCUT2D eigenvalue weighted by Gasteiger charge is -2.07. The third-order valence-electron chi connectivity index (χ3n) is 2.55. The molecule has 1 aliphatic heterocycles. The molecule has 0 radical (unpaired) electrons. The SMILES string of the molecule is C=CCOc1ccccc1/C=C1/SC(=S)N(C)C1=O. The Hall–Kier alpha value is -1.59. The fourth-order valence-electron chi connectivity index (χ4n) is 1.57. The highest BCUT2D eigenvalue weighted by molar-refractivity contribution is 8.26. The zero-order valence-electron chi connectivity index (χ0n) is 10.5. The van der Waals surface area contributed by atoms with E-state index in [1.807, 2.05) is 24.3 Å². The number of hydrogen-bond acceptors (Lipinski definition) is 4. The van der Waals surface area contributed by atoms with E-state index in [9.17, 15) is 4.79 Å². The van der Waals surface area contributed by atoms with Crippen molar-refractivity contribution in [2.75, 3.05) is 13.7 Å². The lowest BCUT2D eigenvalue weighted by atomic mass is 10.2. The summed E-state index contributed by atoms with van der Waals surface area (Å²) < 4.78 is 6.13. The van der Waals surface area contributed by atoms with E-state index in [1.54, 1.807) is 19.2 Å². The first kappa shape index (κ1) is 13.8. The summed E-state index contributed by atoms with van der Waals surface area (Å²) in [6.07, 6.45) is 3.49. The van der Waals surface area contributed by atoms with Crippen LogP contribution in [0.1, 0.15) is 5.56 Å². The molecule has 0 spiro atoms. The minimum absolute atomic E-state index is 0.0754. The van der Waals surface area contributed by atoms with E-state index in [2.05, 4.69) is 6.58 Å². The number of benzene rings is 1. The van der Waals surface area contributed by atoms with Gasteiger partial charge in [-0.1, -0.05) is 54.8 Å². The number of rotatable bonds is 4. The largest absolute Gasteiger partial charge is 0.489 e. The van der Waals surface area contributed by atoms with Gasteiger partial charge in [0.1, 0.15) is 16.7 Å². The standard InChI is InChI=1S/C14H13NO2S2/c1-3-8-17-11-7-5-4-6-10(11)9-12-13(16)15(2)14(18)19-12/h3-7,9H,1,8H2,2H3/b12-9+. The van der Waals surface area contributed by atoms with E-state index in [0.29, 0.717) is 15.8 Å². The van der Waals surface area contributed by atoms with Crippen LogP contribution in [0.4, 0.5) is 0 Å². The molecule has 19 heavy (non-hydrogen) atoms. The van der Waals surface area contributed by atoms with Crippen LogP contribution in [0.5, 0.6) is 5.75 Å². The molecule has 0 atom stereocenters. The van der Waals surface area contributed by atoms with Crippen molar-refractivity contribution in [3.8, 4) is 5.75 Å². The molecule has 5 heteroatoms. The van der Waals surface area contributed by atoms with E-state index < -0.39 is 0 Å². The summed E-state index contributed by atoms with van der Waals surface area (Å²) in [7, 11) is 1.68. The Morgan fingerprint density at radius 1 is 1.47 bits per heavy atom. The summed E-state index contributed by atoms with van der Waals surface area (Å²) in [4.78, 5) is 14.0. The highest BCUT2D eigenvalue weighted by Crippen LogP contribution is 2.33. The lowest BCUT2D eigenvalue weighted by molar-refractivity contribution is -0.121. The first-order chi connectivity index (χ1) is 9.13. The van der Waals surface area contributed by atoms with E-state index in [0.717, 1.165) is 11.3 Å². The van der Waals surface area contributed by atoms with E-state index >= 15 is 0 Å². The smallest absolute Gasteiger partial charge is 0.265 e. The second-order valence-corrected chi connectivity index (χ2v) is 5.55. The summed E-state index contributed by atoms with van der Waals surface area (Å²) in [6.45, 7) is 4.05. The molecule has 1 aliphatic rings. The third kappa shape index (κ3) is 3.05. The maximum Gasteiger partial charge on any atom is 0.265 e. The molecule has 0 bridgehead atoms. The van der Waals surface area contributed by atoms with E-state index in [-0.39, 0.29) is 5.91 Å². The van der Waals surface area contributed by atoms with Gasteiger partial charge in [-0.2, -0.15) is 0 Å². The summed E-state index contributed by atoms with van der Waals surface area (Å²) >= 11 is 6.40. The van der Waals surface area contributed by atoms with Crippen LogP contribution in [0.15, 0.2) is 41.8 Å². The maximum atomic E-state index is 11.9. The summed E-state index contributed by atoms with van der Waals surface area (Å²) in [5.41, 5.74) is 0.860. The molecule has 1 heterocycles. The predicted octanol–water partition coefficient (Wildman–Crippen LogP) is 3.08. The van der Waals surface area contributed by atoms with Gasteiger partial charge in [-0.15, -0.1) is 0 Å². The van der Waals surface area contributed by atoms with Gasteiger partial charge in [0.15, 0.2) is 0 Å². The number of ether oxygens (including phenoxy) is 1. The molecule has 1 aromatic carbocycles. The van der Waals surface area contributed by atoms with Crippen molar-refractivity contribution in [1.29, 1.82) is 0 Å². The average molecular weight is 291 g/mol. The van der Waals surface area contributed by atoms with Gasteiger partial charge >= 0.3 is 0 Å². The predicted molar refractivity (Wildman–Crippen MR) is 83.1 cm³/mol. The van der Waals surface area contributed by atoms with Crippen molar-refractivity contribution in [3.05, 3.63) is 47.4 Å². The zero-order valence-corrected chi connectivity index (χ0v) is 12.1. The zero-order chi connectivity index (χ0) is 13.8. The lowest BCUT2D eigenvalue weighted by Crippen LogP contribution is -2.22. The molecule has 2 rings (SSSR count). The quantitative estimate of drug-likeness (QED) is 0.484. The first-order valence-corrected chi connectivity index (χ1v) is 6.90. The van der Waals surface area contributed by atoms with Crippen molar-refractivity contribution >= 4 is 40.3 Å². The van der Waals surface area contributed by atoms with Gasteiger partial charge in [0.2, 0.25) is 0 Å². The molecule has 1 saturated heterocycles. The number of hydrogen-bond donors (Lipinski definition) is 0. The van der Waals surface area contributed by atoms with Crippen molar-refractivity contribution in [2.45, 2.75) is 0 Å². The van der Waals surface area contributed by atoms with Crippen LogP contribution >= 0.6 is 24.0 Å². The van der Waals surface area contributed by atoms with Crippen LogP contribution in [0.2, 0.25) is 0 Å². The first-order valence-electron chi connectivity index (χ1n) is 5.67. The van der Waals surface area contributed by atoms with E-state index in [1.165, 1.54) is 16.7 Å². The number of carbonyl (C=O) groups is 1. The van der Waals surface area contributed by atoms with Crippen LogP contribution in [0, 0.1) is 0 Å². The molecular formula is C14H13NO2S2. The molecule has 3 nitrogen and oxygen atoms in total. The van der Waals surface area contributed by atoms with Crippen LogP contribution in [-0.4, -0.2) is 28.8 Å². The normalized spacial score (nSPS) is 17.1. The molecular weight excluding hydrogens is 278 g/mol. The number of carbonyl (C=O) groups excluding carboxylic acids is 1. The Morgan fingerprint density at radius 2 is 2.21 bits per heavy atom. The van der Waals surface area contributed by atoms with Crippen molar-refractivity contribution in [1.82, 2.24) is 4.90 Å². The van der Waals surface area contributed by atoms with Crippen molar-refractivity contribution in [2.24, 2.45) is 0 Å². The number of likely N-dealkylation sites (N-methyl/N-ethyl adjacent to an activating group) is 1. The Labute approximate surface area is 121 Å². The number of para-hydroxylation sites is 1. The number of amides is 1. The van der Waals surface area contributed by atoms with Crippen molar-refractivity contribution in [3.63, 3.8) is 0 Å². The van der Waals surface area contributed by atoms with Gasteiger partial charge in [0.05, 0.1) is 4.91 Å². The van der Waals surface area contributed by atoms with Crippen LogP contribution in [0.3, 0.4) is 0 Å². The molecule has 0 unspecified atom stereocenters. The maximum absolute atomic E-state index is 11.9. The topological polar surface area (TPSA) is 29.5 Å². The van der Waals surface area contributed by atoms with Gasteiger partial charge in [0, 0.05) is 12.6 Å². The highest BCUT2D eigenvalue weighted by atomic mass is 32.2. The highest BCUT2D eigenvalue weighted by Gasteiger charge is 2.28. The third-order valence-corrected chi connectivity index (χ3v) is 4.03. The average Bonchev–Trinajstić information content (AvgIpc) is 2.65. The number of thioether (sulfide) groups is 1. The number of nitrogens with zero attached hydrogens (tertiary/aromatic N) is 1. The van der Waals surface area contributed by atoms with Gasteiger partial charge in [-0.05, 0) is 12.1 Å². The molecule has 0 aliphatic carbocycles. The van der Waals surface area contributed by atoms with Crippen LogP contribution < -0.4 is 4.74 Å². The van der Waals surface area contributed by atoms with E-state index in [4.69, 9.17) is 17.0 Å². The van der Waals surface area contributed by atoms with Gasteiger partial charge in [0.25, 0.3) is 5.91 Å². The molecule has 1 amide bonds. The fourth-order valence-corrected chi connectivity index (χ4v) is 2.74. The monoisotopic (exact) mass is 291 g/mol. The van der Waals surface area contributed by atoms with Gasteiger partial charge in [-0.3, -0.25) is 9.69 Å². The van der Waals surface area contributed by atoms with Crippen molar-refractivity contribution < 1.29 is 9.53 Å².